The number of hydrogen-bond donors (Lipinski definition) is 1. The Morgan fingerprint density at radius 3 is 2.35 bits per heavy atom. The topological polar surface area (TPSA) is 55.1 Å². The number of imidazole rings is 1. The fraction of sp³-hybridized carbons (Fsp3) is 0.231. The van der Waals surface area contributed by atoms with E-state index in [0.717, 1.165) is 6.20 Å². The van der Waals surface area contributed by atoms with E-state index in [9.17, 15) is 18.0 Å². The average Bonchev–Trinajstić information content (AvgIpc) is 2.71. The molecule has 1 heterocycles. The summed E-state index contributed by atoms with van der Waals surface area (Å²) in [5, 5.41) is 8.65. The number of carboxylic acid groups (broad SMARTS) is 1. The van der Waals surface area contributed by atoms with Crippen LogP contribution in [0.25, 0.3) is 11.4 Å². The molecule has 0 amide bonds. The summed E-state index contributed by atoms with van der Waals surface area (Å²) in [6.07, 6.45) is -3.70. The Hall–Kier alpha value is -2.31. The number of benzene rings is 1. The zero-order valence-corrected chi connectivity index (χ0v) is 10.5. The SMILES string of the molecule is Cn1cc(C(F)(F)F)nc1-c1ccc(CC(=O)O)cc1. The Morgan fingerprint density at radius 2 is 1.90 bits per heavy atom. The summed E-state index contributed by atoms with van der Waals surface area (Å²) in [5.41, 5.74) is 0.119. The number of carboxylic acids is 1. The van der Waals surface area contributed by atoms with Gasteiger partial charge < -0.3 is 9.67 Å². The van der Waals surface area contributed by atoms with Crippen LogP contribution in [0, 0.1) is 0 Å². The molecule has 0 saturated heterocycles. The van der Waals surface area contributed by atoms with Crippen molar-refractivity contribution in [3.63, 3.8) is 0 Å². The van der Waals surface area contributed by atoms with Crippen LogP contribution in [0.2, 0.25) is 0 Å². The molecule has 1 N–H and O–H groups in total. The van der Waals surface area contributed by atoms with Gasteiger partial charge in [0.05, 0.1) is 6.42 Å². The summed E-state index contributed by atoms with van der Waals surface area (Å²) in [6.45, 7) is 0. The number of aliphatic carboxylic acids is 1. The van der Waals surface area contributed by atoms with Crippen molar-refractivity contribution < 1.29 is 23.1 Å². The molecule has 2 rings (SSSR count). The van der Waals surface area contributed by atoms with Crippen LogP contribution in [0.5, 0.6) is 0 Å². The normalized spacial score (nSPS) is 11.6. The van der Waals surface area contributed by atoms with Gasteiger partial charge in [0, 0.05) is 18.8 Å². The second-order valence-corrected chi connectivity index (χ2v) is 4.33. The number of halogens is 3. The highest BCUT2D eigenvalue weighted by Crippen LogP contribution is 2.30. The van der Waals surface area contributed by atoms with E-state index in [4.69, 9.17) is 5.11 Å². The predicted molar refractivity (Wildman–Crippen MR) is 65.0 cm³/mol. The molecule has 7 heteroatoms. The van der Waals surface area contributed by atoms with E-state index in [1.54, 1.807) is 24.3 Å². The lowest BCUT2D eigenvalue weighted by Gasteiger charge is -2.03. The van der Waals surface area contributed by atoms with E-state index in [0.29, 0.717) is 11.1 Å². The molecule has 0 unspecified atom stereocenters. The van der Waals surface area contributed by atoms with Gasteiger partial charge in [0.25, 0.3) is 0 Å². The van der Waals surface area contributed by atoms with Crippen molar-refractivity contribution in [3.8, 4) is 11.4 Å². The number of alkyl halides is 3. The highest BCUT2D eigenvalue weighted by atomic mass is 19.4. The molecule has 20 heavy (non-hydrogen) atoms. The molecule has 0 saturated carbocycles. The van der Waals surface area contributed by atoms with Crippen LogP contribution in [0.15, 0.2) is 30.5 Å². The largest absolute Gasteiger partial charge is 0.481 e. The molecule has 0 fully saturated rings. The molecule has 0 atom stereocenters. The summed E-state index contributed by atoms with van der Waals surface area (Å²) in [7, 11) is 1.47. The van der Waals surface area contributed by atoms with Gasteiger partial charge in [-0.1, -0.05) is 24.3 Å². The predicted octanol–water partition coefficient (Wildman–Crippen LogP) is 2.73. The van der Waals surface area contributed by atoms with Crippen molar-refractivity contribution in [1.29, 1.82) is 0 Å². The molecule has 106 valence electrons. The minimum Gasteiger partial charge on any atom is -0.481 e. The molecule has 0 spiro atoms. The first-order valence-electron chi connectivity index (χ1n) is 5.69. The molecule has 4 nitrogen and oxygen atoms in total. The third-order valence-electron chi connectivity index (χ3n) is 2.73. The van der Waals surface area contributed by atoms with Gasteiger partial charge in [-0.05, 0) is 5.56 Å². The van der Waals surface area contributed by atoms with Gasteiger partial charge in [-0.2, -0.15) is 13.2 Å². The van der Waals surface area contributed by atoms with Crippen molar-refractivity contribution in [2.75, 3.05) is 0 Å². The van der Waals surface area contributed by atoms with E-state index in [-0.39, 0.29) is 12.2 Å². The second kappa shape index (κ2) is 4.99. The molecule has 0 aliphatic rings. The zero-order valence-electron chi connectivity index (χ0n) is 10.5. The van der Waals surface area contributed by atoms with E-state index >= 15 is 0 Å². The van der Waals surface area contributed by atoms with Crippen molar-refractivity contribution in [3.05, 3.63) is 41.7 Å². The lowest BCUT2D eigenvalue weighted by atomic mass is 10.1. The molecule has 0 aliphatic heterocycles. The van der Waals surface area contributed by atoms with Gasteiger partial charge in [0.1, 0.15) is 5.82 Å². The summed E-state index contributed by atoms with van der Waals surface area (Å²) >= 11 is 0. The zero-order chi connectivity index (χ0) is 14.9. The number of aromatic nitrogens is 2. The van der Waals surface area contributed by atoms with Gasteiger partial charge in [-0.3, -0.25) is 4.79 Å². The third-order valence-corrected chi connectivity index (χ3v) is 2.73. The Bertz CT molecular complexity index is 630. The van der Waals surface area contributed by atoms with Crippen molar-refractivity contribution in [2.24, 2.45) is 7.05 Å². The van der Waals surface area contributed by atoms with E-state index in [1.807, 2.05) is 0 Å². The van der Waals surface area contributed by atoms with Crippen LogP contribution in [-0.4, -0.2) is 20.6 Å². The van der Waals surface area contributed by atoms with Gasteiger partial charge in [-0.25, -0.2) is 4.98 Å². The Kier molecular flexibility index (Phi) is 3.52. The maximum Gasteiger partial charge on any atom is 0.434 e. The molecular formula is C13H11F3N2O2. The van der Waals surface area contributed by atoms with Crippen molar-refractivity contribution in [2.45, 2.75) is 12.6 Å². The summed E-state index contributed by atoms with van der Waals surface area (Å²) in [4.78, 5) is 14.1. The number of hydrogen-bond acceptors (Lipinski definition) is 2. The lowest BCUT2D eigenvalue weighted by Crippen LogP contribution is -2.04. The molecule has 1 aromatic carbocycles. The maximum atomic E-state index is 12.6. The minimum atomic E-state index is -4.49. The summed E-state index contributed by atoms with van der Waals surface area (Å²) in [6, 6.07) is 6.23. The Labute approximate surface area is 112 Å². The van der Waals surface area contributed by atoms with Crippen molar-refractivity contribution in [1.82, 2.24) is 9.55 Å². The molecule has 1 aromatic heterocycles. The first-order chi connectivity index (χ1) is 9.27. The average molecular weight is 284 g/mol. The lowest BCUT2D eigenvalue weighted by molar-refractivity contribution is -0.141. The Balaban J connectivity index is 2.32. The standard InChI is InChI=1S/C13H11F3N2O2/c1-18-7-10(13(14,15)16)17-12(18)9-4-2-8(3-5-9)6-11(19)20/h2-5,7H,6H2,1H3,(H,19,20). The minimum absolute atomic E-state index is 0.130. The van der Waals surface area contributed by atoms with Crippen LogP contribution < -0.4 is 0 Å². The quantitative estimate of drug-likeness (QED) is 0.942. The van der Waals surface area contributed by atoms with Crippen LogP contribution in [0.4, 0.5) is 13.2 Å². The number of rotatable bonds is 3. The third kappa shape index (κ3) is 2.98. The highest BCUT2D eigenvalue weighted by Gasteiger charge is 2.34. The molecule has 0 aliphatic carbocycles. The van der Waals surface area contributed by atoms with Crippen LogP contribution >= 0.6 is 0 Å². The van der Waals surface area contributed by atoms with E-state index < -0.39 is 17.8 Å². The highest BCUT2D eigenvalue weighted by molar-refractivity contribution is 5.70. The summed E-state index contributed by atoms with van der Waals surface area (Å²) in [5.74, 6) is -0.784. The van der Waals surface area contributed by atoms with Crippen LogP contribution in [0.3, 0.4) is 0 Å². The van der Waals surface area contributed by atoms with Crippen molar-refractivity contribution >= 4 is 5.97 Å². The first kappa shape index (κ1) is 14.1. The van der Waals surface area contributed by atoms with Gasteiger partial charge in [0.15, 0.2) is 5.69 Å². The molecule has 2 aromatic rings. The molecule has 0 bridgehead atoms. The van der Waals surface area contributed by atoms with Gasteiger partial charge in [-0.15, -0.1) is 0 Å². The fourth-order valence-corrected chi connectivity index (χ4v) is 1.82. The fourth-order valence-electron chi connectivity index (χ4n) is 1.82. The van der Waals surface area contributed by atoms with E-state index in [1.165, 1.54) is 11.6 Å². The first-order valence-corrected chi connectivity index (χ1v) is 5.69. The second-order valence-electron chi connectivity index (χ2n) is 4.33. The maximum absolute atomic E-state index is 12.6. The smallest absolute Gasteiger partial charge is 0.434 e. The monoisotopic (exact) mass is 284 g/mol. The van der Waals surface area contributed by atoms with Gasteiger partial charge >= 0.3 is 12.1 Å². The summed E-state index contributed by atoms with van der Waals surface area (Å²) < 4.78 is 39.0. The number of nitrogens with zero attached hydrogens (tertiary/aromatic N) is 2. The van der Waals surface area contributed by atoms with Gasteiger partial charge in [0.2, 0.25) is 0 Å². The number of aryl methyl sites for hydroxylation is 1. The van der Waals surface area contributed by atoms with Crippen LogP contribution in [-0.2, 0) is 24.4 Å². The molecule has 0 radical (unpaired) electrons. The number of carbonyl (C=O) groups is 1. The molecular weight excluding hydrogens is 273 g/mol. The van der Waals surface area contributed by atoms with Crippen LogP contribution in [0.1, 0.15) is 11.3 Å². The van der Waals surface area contributed by atoms with E-state index in [2.05, 4.69) is 4.98 Å². The Morgan fingerprint density at radius 1 is 1.30 bits per heavy atom.